The maximum absolute atomic E-state index is 13.4. The van der Waals surface area contributed by atoms with Crippen LogP contribution >= 0.6 is 12.2 Å². The quantitative estimate of drug-likeness (QED) is 0.177. The molecule has 2 bridgehead atoms. The predicted molar refractivity (Wildman–Crippen MR) is 149 cm³/mol. The fourth-order valence-electron chi connectivity index (χ4n) is 5.75. The highest BCUT2D eigenvalue weighted by atomic mass is 32.1. The molecule has 41 heavy (non-hydrogen) atoms. The molecule has 0 amide bonds. The number of rotatable bonds is 6. The van der Waals surface area contributed by atoms with E-state index in [1.165, 1.54) is 5.57 Å². The van der Waals surface area contributed by atoms with E-state index in [1.807, 2.05) is 18.2 Å². The van der Waals surface area contributed by atoms with Crippen molar-refractivity contribution in [2.45, 2.75) is 44.2 Å². The Morgan fingerprint density at radius 3 is 2.37 bits per heavy atom. The second-order valence-corrected chi connectivity index (χ2v) is 10.7. The van der Waals surface area contributed by atoms with Crippen molar-refractivity contribution in [1.82, 2.24) is 15.2 Å². The maximum atomic E-state index is 13.4. The van der Waals surface area contributed by atoms with Crippen molar-refractivity contribution in [1.29, 1.82) is 0 Å². The molecule has 1 fully saturated rings. The Balaban J connectivity index is 1.52. The van der Waals surface area contributed by atoms with Gasteiger partial charge in [-0.15, -0.1) is 0 Å². The SMILES string of the molecule is CCC1CN2CC=C1CC2[C@@H](NC(=S)Nc1cc(C(F)(F)F)cc(C(F)(F)F)c1)c1ccnc2ccc(OC)cc12. The highest BCUT2D eigenvalue weighted by Crippen LogP contribution is 2.41. The van der Waals surface area contributed by atoms with Crippen molar-refractivity contribution in [3.63, 3.8) is 0 Å². The number of benzene rings is 2. The zero-order chi connectivity index (χ0) is 29.5. The van der Waals surface area contributed by atoms with E-state index in [0.717, 1.165) is 36.9 Å². The van der Waals surface area contributed by atoms with Crippen LogP contribution in [0.5, 0.6) is 5.75 Å². The molecule has 1 aromatic heterocycles. The highest BCUT2D eigenvalue weighted by molar-refractivity contribution is 7.80. The van der Waals surface area contributed by atoms with E-state index < -0.39 is 35.2 Å². The summed E-state index contributed by atoms with van der Waals surface area (Å²) in [6, 6.07) is 8.13. The van der Waals surface area contributed by atoms with Crippen LogP contribution in [0.25, 0.3) is 10.9 Å². The summed E-state index contributed by atoms with van der Waals surface area (Å²) in [5.41, 5.74) is -0.366. The van der Waals surface area contributed by atoms with Gasteiger partial charge in [-0.2, -0.15) is 26.3 Å². The molecular weight excluding hydrogens is 566 g/mol. The minimum Gasteiger partial charge on any atom is -0.497 e. The van der Waals surface area contributed by atoms with Crippen LogP contribution in [0.15, 0.2) is 60.3 Å². The van der Waals surface area contributed by atoms with Gasteiger partial charge in [0.15, 0.2) is 5.11 Å². The highest BCUT2D eigenvalue weighted by Gasteiger charge is 2.40. The van der Waals surface area contributed by atoms with Crippen molar-refractivity contribution in [2.24, 2.45) is 5.92 Å². The van der Waals surface area contributed by atoms with Crippen molar-refractivity contribution in [3.8, 4) is 5.75 Å². The summed E-state index contributed by atoms with van der Waals surface area (Å²) in [5, 5.41) is 6.53. The van der Waals surface area contributed by atoms with Crippen LogP contribution in [0.2, 0.25) is 0 Å². The summed E-state index contributed by atoms with van der Waals surface area (Å²) < 4.78 is 86.0. The average Bonchev–Trinajstić information content (AvgIpc) is 2.94. The molecule has 3 aliphatic heterocycles. The molecule has 2 N–H and O–H groups in total. The molecule has 3 aliphatic rings. The van der Waals surface area contributed by atoms with Gasteiger partial charge in [0.2, 0.25) is 0 Å². The largest absolute Gasteiger partial charge is 0.497 e. The molecule has 0 saturated carbocycles. The minimum atomic E-state index is -4.97. The standard InChI is InChI=1S/C29H28F6N4OS/c1-3-16-15-39-9-7-17(16)10-25(39)26(22-6-8-36-24-5-4-21(40-2)14-23(22)24)38-27(41)37-20-12-18(28(30,31)32)11-19(13-20)29(33,34)35/h4-8,11-14,16,25-26H,3,9-10,15H2,1-2H3,(H2,37,38,41)/t16?,25?,26-/m0/s1. The van der Waals surface area contributed by atoms with Crippen LogP contribution in [0.4, 0.5) is 32.0 Å². The number of nitrogens with one attached hydrogen (secondary N) is 2. The predicted octanol–water partition coefficient (Wildman–Crippen LogP) is 7.35. The topological polar surface area (TPSA) is 49.4 Å². The number of anilines is 1. The monoisotopic (exact) mass is 594 g/mol. The summed E-state index contributed by atoms with van der Waals surface area (Å²) in [5.74, 6) is 1.06. The molecule has 2 aromatic carbocycles. The fraction of sp³-hybridized carbons (Fsp3) is 0.379. The van der Waals surface area contributed by atoms with Crippen molar-refractivity contribution >= 4 is 33.9 Å². The van der Waals surface area contributed by atoms with E-state index in [-0.39, 0.29) is 17.2 Å². The molecule has 0 aliphatic carbocycles. The van der Waals surface area contributed by atoms with Crippen LogP contribution in [-0.4, -0.2) is 41.2 Å². The van der Waals surface area contributed by atoms with E-state index in [2.05, 4.69) is 33.5 Å². The van der Waals surface area contributed by atoms with Crippen LogP contribution in [0, 0.1) is 5.92 Å². The fourth-order valence-corrected chi connectivity index (χ4v) is 5.99. The normalized spacial score (nSPS) is 21.4. The summed E-state index contributed by atoms with van der Waals surface area (Å²) in [7, 11) is 1.55. The van der Waals surface area contributed by atoms with Crippen LogP contribution in [-0.2, 0) is 12.4 Å². The molecule has 0 spiro atoms. The van der Waals surface area contributed by atoms with Gasteiger partial charge in [-0.25, -0.2) is 0 Å². The number of ether oxygens (including phenoxy) is 1. The van der Waals surface area contributed by atoms with Gasteiger partial charge in [-0.3, -0.25) is 9.88 Å². The first-order valence-corrected chi connectivity index (χ1v) is 13.5. The lowest BCUT2D eigenvalue weighted by molar-refractivity contribution is -0.143. The van der Waals surface area contributed by atoms with Crippen LogP contribution in [0.3, 0.4) is 0 Å². The number of aromatic nitrogens is 1. The van der Waals surface area contributed by atoms with Crippen LogP contribution < -0.4 is 15.4 Å². The molecule has 4 heterocycles. The van der Waals surface area contributed by atoms with E-state index in [9.17, 15) is 26.3 Å². The van der Waals surface area contributed by atoms with Gasteiger partial charge >= 0.3 is 12.4 Å². The Kier molecular flexibility index (Phi) is 7.90. The van der Waals surface area contributed by atoms with Crippen molar-refractivity contribution in [3.05, 3.63) is 77.0 Å². The van der Waals surface area contributed by atoms with Gasteiger partial charge in [0.05, 0.1) is 29.8 Å². The number of thiocarbonyl (C=S) groups is 1. The molecule has 6 rings (SSSR count). The number of nitrogens with zero attached hydrogens (tertiary/aromatic N) is 2. The lowest BCUT2D eigenvalue weighted by Crippen LogP contribution is -2.54. The van der Waals surface area contributed by atoms with Gasteiger partial charge < -0.3 is 15.4 Å². The van der Waals surface area contributed by atoms with E-state index >= 15 is 0 Å². The molecule has 1 saturated heterocycles. The van der Waals surface area contributed by atoms with Crippen molar-refractivity contribution < 1.29 is 31.1 Å². The minimum absolute atomic E-state index is 0.0680. The average molecular weight is 595 g/mol. The molecule has 5 nitrogen and oxygen atoms in total. The summed E-state index contributed by atoms with van der Waals surface area (Å²) >= 11 is 5.50. The van der Waals surface area contributed by atoms with E-state index in [1.54, 1.807) is 19.4 Å². The zero-order valence-corrected chi connectivity index (χ0v) is 23.1. The van der Waals surface area contributed by atoms with Gasteiger partial charge in [-0.05, 0) is 79.0 Å². The molecule has 0 radical (unpaired) electrons. The Labute approximate surface area is 238 Å². The lowest BCUT2D eigenvalue weighted by atomic mass is 9.78. The zero-order valence-electron chi connectivity index (χ0n) is 22.2. The van der Waals surface area contributed by atoms with Gasteiger partial charge in [0.1, 0.15) is 5.75 Å². The number of pyridine rings is 1. The smallest absolute Gasteiger partial charge is 0.416 e. The van der Waals surface area contributed by atoms with E-state index in [4.69, 9.17) is 17.0 Å². The number of hydrogen-bond acceptors (Lipinski definition) is 4. The molecule has 3 aromatic rings. The second-order valence-electron chi connectivity index (χ2n) is 10.3. The van der Waals surface area contributed by atoms with E-state index in [0.29, 0.717) is 29.3 Å². The number of piperidine rings is 1. The molecule has 218 valence electrons. The Bertz CT molecular complexity index is 1460. The van der Waals surface area contributed by atoms with Crippen LogP contribution in [0.1, 0.15) is 42.5 Å². The lowest BCUT2D eigenvalue weighted by Gasteiger charge is -2.48. The first-order valence-electron chi connectivity index (χ1n) is 13.1. The third-order valence-corrected chi connectivity index (χ3v) is 8.03. The Morgan fingerprint density at radius 1 is 1.07 bits per heavy atom. The van der Waals surface area contributed by atoms with Gasteiger partial charge in [0, 0.05) is 36.4 Å². The summed E-state index contributed by atoms with van der Waals surface area (Å²) in [4.78, 5) is 6.79. The molecular formula is C29H28F6N4OS. The van der Waals surface area contributed by atoms with Crippen molar-refractivity contribution in [2.75, 3.05) is 25.5 Å². The molecule has 4 atom stereocenters. The maximum Gasteiger partial charge on any atom is 0.416 e. The first-order chi connectivity index (χ1) is 19.4. The number of fused-ring (bicyclic) bond motifs is 4. The third-order valence-electron chi connectivity index (χ3n) is 7.81. The number of halogens is 6. The summed E-state index contributed by atoms with van der Waals surface area (Å²) in [6.45, 7) is 3.73. The molecule has 12 heteroatoms. The number of hydrogen-bond donors (Lipinski definition) is 2. The number of methoxy groups -OCH3 is 1. The first kappa shape index (κ1) is 29.1. The molecule has 3 unspecified atom stereocenters. The Hall–Kier alpha value is -3.38. The summed E-state index contributed by atoms with van der Waals surface area (Å²) in [6.07, 6.45) is -4.29. The third kappa shape index (κ3) is 6.13. The Morgan fingerprint density at radius 2 is 1.78 bits per heavy atom. The second kappa shape index (κ2) is 11.1. The number of alkyl halides is 6. The van der Waals surface area contributed by atoms with Gasteiger partial charge in [0.25, 0.3) is 0 Å². The van der Waals surface area contributed by atoms with Gasteiger partial charge in [-0.1, -0.05) is 18.6 Å².